The Morgan fingerprint density at radius 2 is 1.50 bits per heavy atom. The van der Waals surface area contributed by atoms with Crippen molar-refractivity contribution in [2.75, 3.05) is 0 Å². The molecule has 3 aliphatic heterocycles. The Bertz CT molecular complexity index is 1030. The van der Waals surface area contributed by atoms with E-state index in [4.69, 9.17) is 4.74 Å². The number of carbonyl (C=O) groups excluding carboxylic acids is 3. The summed E-state index contributed by atoms with van der Waals surface area (Å²) in [4.78, 5) is 43.1. The van der Waals surface area contributed by atoms with Gasteiger partial charge in [-0.1, -0.05) is 81.0 Å². The third-order valence-electron chi connectivity index (χ3n) is 9.02. The number of nitrogens with one attached hydrogen (secondary N) is 2. The first-order valence-corrected chi connectivity index (χ1v) is 13.9. The zero-order chi connectivity index (χ0) is 24.7. The number of hydrogen-bond donors (Lipinski definition) is 2. The van der Waals surface area contributed by atoms with Gasteiger partial charge >= 0.3 is 0 Å². The minimum atomic E-state index is -1.09. The average molecular weight is 492 g/mol. The third kappa shape index (κ3) is 4.05. The van der Waals surface area contributed by atoms with Gasteiger partial charge in [0.2, 0.25) is 17.7 Å². The predicted molar refractivity (Wildman–Crippen MR) is 135 cm³/mol. The highest BCUT2D eigenvalue weighted by Gasteiger charge is 2.72. The topological polar surface area (TPSA) is 87.7 Å². The molecule has 2 N–H and O–H groups in total. The fourth-order valence-electron chi connectivity index (χ4n) is 7.29. The normalized spacial score (nSPS) is 34.1. The Kier molecular flexibility index (Phi) is 6.36. The average Bonchev–Trinajstić information content (AvgIpc) is 3.53. The fraction of sp³-hybridized carbons (Fsp3) is 0.621. The van der Waals surface area contributed by atoms with E-state index in [2.05, 4.69) is 10.6 Å². The Hall–Kier alpha value is -2.67. The molecule has 2 saturated carbocycles. The fourth-order valence-corrected chi connectivity index (χ4v) is 7.29. The van der Waals surface area contributed by atoms with Crippen LogP contribution in [-0.4, -0.2) is 52.5 Å². The number of nitrogens with zero attached hydrogens (tertiary/aromatic N) is 1. The van der Waals surface area contributed by atoms with Crippen molar-refractivity contribution in [2.45, 2.75) is 101 Å². The standard InChI is InChI=1S/C29H37N3O4/c33-26(30-20-12-6-2-7-13-20)23-22-16-17-29(36-22)24(23)28(35)32(18-19-10-4-1-5-11-19)25(29)27(34)31-21-14-8-3-9-15-21/h1,4-5,10-11,16-17,20-25H,2-3,6-9,12-15,18H2,(H,30,33)(H,31,34)/t22-,23+,24-,25+,29+/m1/s1. The lowest BCUT2D eigenvalue weighted by molar-refractivity contribution is -0.142. The van der Waals surface area contributed by atoms with Crippen molar-refractivity contribution < 1.29 is 19.1 Å². The lowest BCUT2D eigenvalue weighted by Gasteiger charge is -2.34. The molecule has 192 valence electrons. The molecule has 36 heavy (non-hydrogen) atoms. The highest BCUT2D eigenvalue weighted by atomic mass is 16.5. The molecule has 0 radical (unpaired) electrons. The van der Waals surface area contributed by atoms with E-state index in [9.17, 15) is 14.4 Å². The van der Waals surface area contributed by atoms with E-state index in [1.54, 1.807) is 4.90 Å². The maximum atomic E-state index is 14.0. The van der Waals surface area contributed by atoms with Crippen molar-refractivity contribution in [3.63, 3.8) is 0 Å². The minimum Gasteiger partial charge on any atom is -0.359 e. The molecule has 1 aromatic carbocycles. The van der Waals surface area contributed by atoms with Gasteiger partial charge in [-0.15, -0.1) is 0 Å². The molecule has 6 rings (SSSR count). The molecule has 3 amide bonds. The van der Waals surface area contributed by atoms with Crippen molar-refractivity contribution in [1.82, 2.24) is 15.5 Å². The lowest BCUT2D eigenvalue weighted by atomic mass is 9.74. The van der Waals surface area contributed by atoms with E-state index in [1.807, 2.05) is 42.5 Å². The van der Waals surface area contributed by atoms with Crippen LogP contribution in [-0.2, 0) is 25.7 Å². The molecule has 0 unspecified atom stereocenters. The van der Waals surface area contributed by atoms with Crippen LogP contribution in [0.2, 0.25) is 0 Å². The molecule has 7 heteroatoms. The highest BCUT2D eigenvalue weighted by molar-refractivity contribution is 6.00. The van der Waals surface area contributed by atoms with Gasteiger partial charge in [-0.3, -0.25) is 14.4 Å². The molecule has 0 aromatic heterocycles. The molecule has 1 aromatic rings. The monoisotopic (exact) mass is 491 g/mol. The van der Waals surface area contributed by atoms with Crippen LogP contribution in [0, 0.1) is 11.8 Å². The zero-order valence-corrected chi connectivity index (χ0v) is 20.9. The second-order valence-corrected chi connectivity index (χ2v) is 11.3. The molecule has 4 fully saturated rings. The number of rotatable bonds is 6. The van der Waals surface area contributed by atoms with E-state index in [0.717, 1.165) is 56.9 Å². The summed E-state index contributed by atoms with van der Waals surface area (Å²) in [5.74, 6) is -1.70. The Labute approximate surface area is 213 Å². The Morgan fingerprint density at radius 3 is 2.14 bits per heavy atom. The van der Waals surface area contributed by atoms with E-state index in [1.165, 1.54) is 12.8 Å². The maximum absolute atomic E-state index is 14.0. The smallest absolute Gasteiger partial charge is 0.246 e. The number of benzene rings is 1. The van der Waals surface area contributed by atoms with E-state index >= 15 is 0 Å². The van der Waals surface area contributed by atoms with Gasteiger partial charge in [-0.05, 0) is 31.2 Å². The van der Waals surface area contributed by atoms with Gasteiger partial charge in [0.25, 0.3) is 0 Å². The molecule has 3 heterocycles. The van der Waals surface area contributed by atoms with Crippen molar-refractivity contribution in [2.24, 2.45) is 11.8 Å². The van der Waals surface area contributed by atoms with E-state index in [0.29, 0.717) is 6.54 Å². The molecule has 5 aliphatic rings. The largest absolute Gasteiger partial charge is 0.359 e. The van der Waals surface area contributed by atoms with Crippen LogP contribution in [0.3, 0.4) is 0 Å². The van der Waals surface area contributed by atoms with E-state index < -0.39 is 29.6 Å². The summed E-state index contributed by atoms with van der Waals surface area (Å²) in [7, 11) is 0. The van der Waals surface area contributed by atoms with Crippen LogP contribution in [0.5, 0.6) is 0 Å². The quantitative estimate of drug-likeness (QED) is 0.598. The first kappa shape index (κ1) is 23.7. The summed E-state index contributed by atoms with van der Waals surface area (Å²) in [6.45, 7) is 0.319. The second kappa shape index (κ2) is 9.66. The SMILES string of the molecule is O=C(NC1CCCCC1)[C@H]1[C@H]2C=C[C@@]3(O2)[C@H](C(=O)NC2CCCCC2)N(Cc2ccccc2)C(=O)[C@@H]13. The predicted octanol–water partition coefficient (Wildman–Crippen LogP) is 3.24. The van der Waals surface area contributed by atoms with Crippen molar-refractivity contribution in [1.29, 1.82) is 0 Å². The number of fused-ring (bicyclic) bond motifs is 1. The minimum absolute atomic E-state index is 0.107. The maximum Gasteiger partial charge on any atom is 0.246 e. The van der Waals surface area contributed by atoms with Crippen LogP contribution in [0.25, 0.3) is 0 Å². The summed E-state index contributed by atoms with van der Waals surface area (Å²) >= 11 is 0. The van der Waals surface area contributed by atoms with Gasteiger partial charge < -0.3 is 20.3 Å². The van der Waals surface area contributed by atoms with Crippen LogP contribution < -0.4 is 10.6 Å². The molecule has 7 nitrogen and oxygen atoms in total. The van der Waals surface area contributed by atoms with Crippen LogP contribution in [0.15, 0.2) is 42.5 Å². The summed E-state index contributed by atoms with van der Waals surface area (Å²) in [6, 6.07) is 9.26. The van der Waals surface area contributed by atoms with Gasteiger partial charge in [0.15, 0.2) is 0 Å². The molecular weight excluding hydrogens is 454 g/mol. The first-order chi connectivity index (χ1) is 17.6. The molecule has 1 spiro atoms. The molecule has 2 saturated heterocycles. The number of likely N-dealkylation sites (tertiary alicyclic amines) is 1. The molecule has 2 aliphatic carbocycles. The van der Waals surface area contributed by atoms with E-state index in [-0.39, 0.29) is 29.8 Å². The van der Waals surface area contributed by atoms with Crippen molar-refractivity contribution in [3.05, 3.63) is 48.0 Å². The summed E-state index contributed by atoms with van der Waals surface area (Å²) in [5, 5.41) is 6.48. The van der Waals surface area contributed by atoms with Gasteiger partial charge in [0.05, 0.1) is 17.9 Å². The number of ether oxygens (including phenoxy) is 1. The first-order valence-electron chi connectivity index (χ1n) is 13.9. The van der Waals surface area contributed by atoms with Gasteiger partial charge in [-0.25, -0.2) is 0 Å². The molecule has 5 atom stereocenters. The van der Waals surface area contributed by atoms with Crippen LogP contribution >= 0.6 is 0 Å². The molecular formula is C29H37N3O4. The number of amides is 3. The lowest BCUT2D eigenvalue weighted by Crippen LogP contribution is -2.56. The van der Waals surface area contributed by atoms with Gasteiger partial charge in [0, 0.05) is 18.6 Å². The zero-order valence-electron chi connectivity index (χ0n) is 20.9. The molecule has 2 bridgehead atoms. The second-order valence-electron chi connectivity index (χ2n) is 11.3. The summed E-state index contributed by atoms with van der Waals surface area (Å²) in [5.41, 5.74) is -0.136. The summed E-state index contributed by atoms with van der Waals surface area (Å²) < 4.78 is 6.47. The highest BCUT2D eigenvalue weighted by Crippen LogP contribution is 2.55. The summed E-state index contributed by atoms with van der Waals surface area (Å²) in [6.07, 6.45) is 14.1. The van der Waals surface area contributed by atoms with Crippen LogP contribution in [0.4, 0.5) is 0 Å². The number of carbonyl (C=O) groups is 3. The van der Waals surface area contributed by atoms with Crippen molar-refractivity contribution >= 4 is 17.7 Å². The third-order valence-corrected chi connectivity index (χ3v) is 9.02. The van der Waals surface area contributed by atoms with Crippen molar-refractivity contribution in [3.8, 4) is 0 Å². The Morgan fingerprint density at radius 1 is 0.889 bits per heavy atom. The number of hydrogen-bond acceptors (Lipinski definition) is 4. The Balaban J connectivity index is 1.30. The van der Waals surface area contributed by atoms with Gasteiger partial charge in [-0.2, -0.15) is 0 Å². The van der Waals surface area contributed by atoms with Crippen LogP contribution in [0.1, 0.15) is 69.8 Å². The van der Waals surface area contributed by atoms with Gasteiger partial charge in [0.1, 0.15) is 11.6 Å².